The van der Waals surface area contributed by atoms with Crippen LogP contribution in [0.3, 0.4) is 0 Å². The SMILES string of the molecule is O=C(NC12CCC(CC1)C2)c1cnn2ccc(NS(=O)(=O)c3ccccc3)nc12. The zero-order chi connectivity index (χ0) is 20.1. The molecule has 9 heteroatoms. The van der Waals surface area contributed by atoms with Crippen LogP contribution in [0.25, 0.3) is 5.65 Å². The maximum absolute atomic E-state index is 12.9. The molecular weight excluding hydrogens is 390 g/mol. The van der Waals surface area contributed by atoms with E-state index in [1.807, 2.05) is 0 Å². The van der Waals surface area contributed by atoms with Gasteiger partial charge >= 0.3 is 0 Å². The number of sulfonamides is 1. The Morgan fingerprint density at radius 2 is 1.90 bits per heavy atom. The summed E-state index contributed by atoms with van der Waals surface area (Å²) in [5, 5.41) is 7.39. The van der Waals surface area contributed by atoms with Gasteiger partial charge in [-0.05, 0) is 56.2 Å². The summed E-state index contributed by atoms with van der Waals surface area (Å²) < 4.78 is 29.1. The molecule has 0 unspecified atom stereocenters. The summed E-state index contributed by atoms with van der Waals surface area (Å²) in [5.41, 5.74) is 0.554. The standard InChI is InChI=1S/C20H21N5O3S/c26-19(23-20-9-6-14(12-20)7-10-20)16-13-21-25-11-8-17(22-18(16)25)24-29(27,28)15-4-2-1-3-5-15/h1-5,8,11,13-14H,6-7,9-10,12H2,(H,22,24)(H,23,26). The molecule has 2 aliphatic carbocycles. The van der Waals surface area contributed by atoms with E-state index in [0.29, 0.717) is 11.2 Å². The van der Waals surface area contributed by atoms with E-state index in [4.69, 9.17) is 0 Å². The summed E-state index contributed by atoms with van der Waals surface area (Å²) in [6.45, 7) is 0. The summed E-state index contributed by atoms with van der Waals surface area (Å²) in [5.74, 6) is 0.644. The smallest absolute Gasteiger partial charge is 0.263 e. The van der Waals surface area contributed by atoms with Gasteiger partial charge in [-0.3, -0.25) is 9.52 Å². The second-order valence-electron chi connectivity index (χ2n) is 7.94. The molecule has 2 heterocycles. The Morgan fingerprint density at radius 3 is 2.59 bits per heavy atom. The minimum absolute atomic E-state index is 0.109. The molecule has 2 N–H and O–H groups in total. The van der Waals surface area contributed by atoms with Crippen molar-refractivity contribution in [2.45, 2.75) is 42.5 Å². The molecule has 2 aromatic heterocycles. The van der Waals surface area contributed by atoms with E-state index in [2.05, 4.69) is 20.1 Å². The third kappa shape index (κ3) is 3.25. The monoisotopic (exact) mass is 411 g/mol. The van der Waals surface area contributed by atoms with Crippen molar-refractivity contribution in [1.82, 2.24) is 19.9 Å². The molecule has 5 rings (SSSR count). The van der Waals surface area contributed by atoms with Gasteiger partial charge in [0.1, 0.15) is 11.4 Å². The molecule has 0 radical (unpaired) electrons. The number of amides is 1. The summed E-state index contributed by atoms with van der Waals surface area (Å²) in [4.78, 5) is 17.4. The minimum Gasteiger partial charge on any atom is -0.346 e. The van der Waals surface area contributed by atoms with Gasteiger partial charge in [-0.1, -0.05) is 18.2 Å². The number of hydrogen-bond donors (Lipinski definition) is 2. The van der Waals surface area contributed by atoms with Gasteiger partial charge in [-0.15, -0.1) is 0 Å². The van der Waals surface area contributed by atoms with Crippen LogP contribution in [0.1, 0.15) is 42.5 Å². The van der Waals surface area contributed by atoms with Crippen molar-refractivity contribution in [2.24, 2.45) is 5.92 Å². The Kier molecular flexibility index (Phi) is 4.09. The number of aromatic nitrogens is 3. The van der Waals surface area contributed by atoms with Crippen LogP contribution in [0.4, 0.5) is 5.82 Å². The number of nitrogens with one attached hydrogen (secondary N) is 2. The zero-order valence-corrected chi connectivity index (χ0v) is 16.5. The highest BCUT2D eigenvalue weighted by Gasteiger charge is 2.45. The Hall–Kier alpha value is -2.94. The van der Waals surface area contributed by atoms with Gasteiger partial charge in [0.2, 0.25) is 0 Å². The van der Waals surface area contributed by atoms with Gasteiger partial charge in [0.25, 0.3) is 15.9 Å². The lowest BCUT2D eigenvalue weighted by molar-refractivity contribution is 0.0902. The number of hydrogen-bond acceptors (Lipinski definition) is 5. The van der Waals surface area contributed by atoms with Crippen molar-refractivity contribution in [1.29, 1.82) is 0 Å². The summed E-state index contributed by atoms with van der Waals surface area (Å²) in [6, 6.07) is 9.58. The number of carbonyl (C=O) groups is 1. The first-order valence-corrected chi connectivity index (χ1v) is 11.2. The lowest BCUT2D eigenvalue weighted by Crippen LogP contribution is -2.45. The normalized spacial score (nSPS) is 23.4. The second-order valence-corrected chi connectivity index (χ2v) is 9.62. The largest absolute Gasteiger partial charge is 0.346 e. The molecule has 0 aliphatic heterocycles. The van der Waals surface area contributed by atoms with E-state index in [9.17, 15) is 13.2 Å². The number of rotatable bonds is 5. The predicted molar refractivity (Wildman–Crippen MR) is 107 cm³/mol. The molecule has 150 valence electrons. The minimum atomic E-state index is -3.77. The van der Waals surface area contributed by atoms with Crippen LogP contribution in [0.15, 0.2) is 53.7 Å². The molecular formula is C20H21N5O3S. The number of anilines is 1. The van der Waals surface area contributed by atoms with Crippen LogP contribution < -0.4 is 10.0 Å². The van der Waals surface area contributed by atoms with E-state index < -0.39 is 10.0 Å². The van der Waals surface area contributed by atoms with E-state index in [0.717, 1.165) is 25.2 Å². The lowest BCUT2D eigenvalue weighted by atomic mass is 9.93. The molecule has 29 heavy (non-hydrogen) atoms. The van der Waals surface area contributed by atoms with Crippen LogP contribution in [0, 0.1) is 5.92 Å². The van der Waals surface area contributed by atoms with Gasteiger partial charge < -0.3 is 5.32 Å². The number of carbonyl (C=O) groups excluding carboxylic acids is 1. The first-order valence-electron chi connectivity index (χ1n) is 9.69. The maximum atomic E-state index is 12.9. The second kappa shape index (κ2) is 6.55. The Morgan fingerprint density at radius 1 is 1.14 bits per heavy atom. The first kappa shape index (κ1) is 18.1. The highest BCUT2D eigenvalue weighted by atomic mass is 32.2. The van der Waals surface area contributed by atoms with Gasteiger partial charge in [-0.25, -0.2) is 17.9 Å². The molecule has 1 amide bonds. The molecule has 0 saturated heterocycles. The van der Waals surface area contributed by atoms with Crippen molar-refractivity contribution in [2.75, 3.05) is 4.72 Å². The molecule has 0 spiro atoms. The van der Waals surface area contributed by atoms with Crippen molar-refractivity contribution in [3.8, 4) is 0 Å². The first-order chi connectivity index (χ1) is 13.9. The Labute approximate surface area is 168 Å². The van der Waals surface area contributed by atoms with Crippen LogP contribution in [0.5, 0.6) is 0 Å². The quantitative estimate of drug-likeness (QED) is 0.671. The zero-order valence-electron chi connectivity index (χ0n) is 15.7. The van der Waals surface area contributed by atoms with Crippen molar-refractivity contribution in [3.05, 3.63) is 54.4 Å². The molecule has 2 fully saturated rings. The fraction of sp³-hybridized carbons (Fsp3) is 0.350. The number of fused-ring (bicyclic) bond motifs is 3. The van der Waals surface area contributed by atoms with E-state index in [-0.39, 0.29) is 22.2 Å². The highest BCUT2D eigenvalue weighted by Crippen LogP contribution is 2.47. The fourth-order valence-electron chi connectivity index (χ4n) is 4.56. The Balaban J connectivity index is 1.42. The average molecular weight is 411 g/mol. The van der Waals surface area contributed by atoms with Crippen LogP contribution in [-0.2, 0) is 10.0 Å². The molecule has 3 aromatic rings. The number of benzene rings is 1. The lowest BCUT2D eigenvalue weighted by Gasteiger charge is -2.27. The molecule has 2 saturated carbocycles. The highest BCUT2D eigenvalue weighted by molar-refractivity contribution is 7.92. The van der Waals surface area contributed by atoms with Crippen LogP contribution in [0.2, 0.25) is 0 Å². The van der Waals surface area contributed by atoms with Crippen LogP contribution in [-0.4, -0.2) is 34.5 Å². The summed E-state index contributed by atoms with van der Waals surface area (Å²) in [7, 11) is -3.77. The maximum Gasteiger partial charge on any atom is 0.263 e. The van der Waals surface area contributed by atoms with E-state index in [1.54, 1.807) is 24.4 Å². The van der Waals surface area contributed by atoms with Gasteiger partial charge in [0, 0.05) is 11.7 Å². The molecule has 8 nitrogen and oxygen atoms in total. The molecule has 2 bridgehead atoms. The van der Waals surface area contributed by atoms with Crippen molar-refractivity contribution >= 4 is 27.4 Å². The van der Waals surface area contributed by atoms with Gasteiger partial charge in [0.15, 0.2) is 5.65 Å². The number of nitrogens with zero attached hydrogens (tertiary/aromatic N) is 3. The average Bonchev–Trinajstić information content (AvgIpc) is 3.42. The summed E-state index contributed by atoms with van der Waals surface area (Å²) in [6.07, 6.45) is 8.45. The third-order valence-electron chi connectivity index (χ3n) is 6.03. The van der Waals surface area contributed by atoms with Gasteiger partial charge in [-0.2, -0.15) is 5.10 Å². The molecule has 1 aromatic carbocycles. The summed E-state index contributed by atoms with van der Waals surface area (Å²) >= 11 is 0. The van der Waals surface area contributed by atoms with Crippen molar-refractivity contribution < 1.29 is 13.2 Å². The topological polar surface area (TPSA) is 105 Å². The molecule has 2 aliphatic rings. The van der Waals surface area contributed by atoms with E-state index >= 15 is 0 Å². The van der Waals surface area contributed by atoms with Crippen LogP contribution >= 0.6 is 0 Å². The predicted octanol–water partition coefficient (Wildman–Crippen LogP) is 2.59. The van der Waals surface area contributed by atoms with E-state index in [1.165, 1.54) is 41.8 Å². The Bertz CT molecular complexity index is 1180. The van der Waals surface area contributed by atoms with Gasteiger partial charge in [0.05, 0.1) is 11.1 Å². The molecule has 0 atom stereocenters. The third-order valence-corrected chi connectivity index (χ3v) is 7.40. The fourth-order valence-corrected chi connectivity index (χ4v) is 5.58. The van der Waals surface area contributed by atoms with Crippen molar-refractivity contribution in [3.63, 3.8) is 0 Å².